The van der Waals surface area contributed by atoms with E-state index in [1.54, 1.807) is 22.3 Å². The summed E-state index contributed by atoms with van der Waals surface area (Å²) in [4.78, 5) is 0. The molecule has 2 aliphatic rings. The van der Waals surface area contributed by atoms with Crippen LogP contribution >= 0.6 is 0 Å². The Morgan fingerprint density at radius 3 is 1.19 bits per heavy atom. The minimum atomic E-state index is -1.34. The van der Waals surface area contributed by atoms with Crippen LogP contribution < -0.4 is 0 Å². The van der Waals surface area contributed by atoms with Gasteiger partial charge in [-0.15, -0.1) is 0 Å². The molecule has 6 rings (SSSR count). The van der Waals surface area contributed by atoms with Gasteiger partial charge < -0.3 is 0 Å². The van der Waals surface area contributed by atoms with E-state index in [2.05, 4.69) is 126 Å². The summed E-state index contributed by atoms with van der Waals surface area (Å²) in [5.74, 6) is 0. The number of rotatable bonds is 4. The average molecular weight is 645 g/mol. The van der Waals surface area contributed by atoms with Gasteiger partial charge in [0.05, 0.1) is 0 Å². The number of allylic oxidation sites excluding steroid dienone is 2. The quantitative estimate of drug-likeness (QED) is 0.194. The Balaban J connectivity index is 1.49. The minimum absolute atomic E-state index is 0.559. The van der Waals surface area contributed by atoms with Crippen LogP contribution in [0.25, 0.3) is 23.3 Å². The number of aryl methyl sites for hydroxylation is 6. The van der Waals surface area contributed by atoms with Crippen molar-refractivity contribution in [2.45, 2.75) is 48.9 Å². The van der Waals surface area contributed by atoms with Crippen molar-refractivity contribution < 1.29 is 22.9 Å². The van der Waals surface area contributed by atoms with Gasteiger partial charge in [0.1, 0.15) is 0 Å². The average Bonchev–Trinajstić information content (AvgIpc) is 3.39. The molecule has 0 saturated carbocycles. The number of hydrogen-bond acceptors (Lipinski definition) is 0. The molecule has 0 heterocycles. The van der Waals surface area contributed by atoms with Crippen LogP contribution in [0.5, 0.6) is 0 Å². The van der Waals surface area contributed by atoms with E-state index >= 15 is 0 Å². The van der Waals surface area contributed by atoms with Gasteiger partial charge in [-0.25, -0.2) is 0 Å². The van der Waals surface area contributed by atoms with Gasteiger partial charge in [-0.05, 0) is 0 Å². The summed E-state index contributed by atoms with van der Waals surface area (Å²) in [5.41, 5.74) is 20.2. The van der Waals surface area contributed by atoms with Crippen molar-refractivity contribution in [2.75, 3.05) is 0 Å². The molecule has 2 unspecified atom stereocenters. The zero-order valence-electron chi connectivity index (χ0n) is 22.7. The molecule has 2 aliphatic carbocycles. The number of benzene rings is 4. The molecule has 37 heavy (non-hydrogen) atoms. The first kappa shape index (κ1) is 24.6. The van der Waals surface area contributed by atoms with E-state index < -0.39 is 22.9 Å². The normalized spacial score (nSPS) is 17.8. The first-order valence-corrected chi connectivity index (χ1v) is 17.5. The summed E-state index contributed by atoms with van der Waals surface area (Å²) in [6, 6.07) is 28.3. The molecule has 0 radical (unpaired) electrons. The molecule has 0 nitrogen and oxygen atoms in total. The van der Waals surface area contributed by atoms with Gasteiger partial charge in [0, 0.05) is 0 Å². The van der Waals surface area contributed by atoms with Gasteiger partial charge in [-0.2, -0.15) is 0 Å². The molecule has 0 bridgehead atoms. The summed E-state index contributed by atoms with van der Waals surface area (Å²) in [6.45, 7) is 13.4. The van der Waals surface area contributed by atoms with Gasteiger partial charge in [0.15, 0.2) is 0 Å². The fourth-order valence-electron chi connectivity index (χ4n) is 5.83. The predicted octanol–water partition coefficient (Wildman–Crippen LogP) is 9.51. The molecule has 4 aromatic rings. The van der Waals surface area contributed by atoms with Gasteiger partial charge in [0.2, 0.25) is 0 Å². The molecule has 0 spiro atoms. The van der Waals surface area contributed by atoms with Crippen molar-refractivity contribution in [3.63, 3.8) is 0 Å². The molecule has 1 heteroatoms. The molecule has 0 N–H and O–H groups in total. The summed E-state index contributed by atoms with van der Waals surface area (Å²) >= 11 is -1.34. The summed E-state index contributed by atoms with van der Waals surface area (Å²) in [7, 11) is 0. The van der Waals surface area contributed by atoms with E-state index in [1.807, 2.05) is 0 Å². The fourth-order valence-corrected chi connectivity index (χ4v) is 13.2. The van der Waals surface area contributed by atoms with Crippen LogP contribution in [-0.4, -0.2) is 0 Å². The van der Waals surface area contributed by atoms with Crippen molar-refractivity contribution in [2.24, 2.45) is 0 Å². The van der Waals surface area contributed by atoms with Crippen LogP contribution in [0.15, 0.2) is 72.8 Å². The Morgan fingerprint density at radius 2 is 0.811 bits per heavy atom. The maximum atomic E-state index is 2.51. The Hall–Kier alpha value is -2.77. The molecule has 0 fully saturated rings. The van der Waals surface area contributed by atoms with Crippen LogP contribution in [0, 0.1) is 41.5 Å². The first-order chi connectivity index (χ1) is 17.8. The van der Waals surface area contributed by atoms with Crippen LogP contribution in [-0.2, 0) is 22.9 Å². The van der Waals surface area contributed by atoms with E-state index in [4.69, 9.17) is 0 Å². The van der Waals surface area contributed by atoms with Gasteiger partial charge in [-0.3, -0.25) is 0 Å². The molecular formula is C36H34Hf. The van der Waals surface area contributed by atoms with E-state index in [0.29, 0.717) is 7.35 Å². The third-order valence-electron chi connectivity index (χ3n) is 8.37. The second kappa shape index (κ2) is 9.52. The van der Waals surface area contributed by atoms with E-state index in [0.717, 1.165) is 0 Å². The molecule has 0 aromatic heterocycles. The molecule has 2 atom stereocenters. The first-order valence-electron chi connectivity index (χ1n) is 13.3. The number of hydrogen-bond donors (Lipinski definition) is 0. The summed E-state index contributed by atoms with van der Waals surface area (Å²) < 4.78 is 1.12. The van der Waals surface area contributed by atoms with Gasteiger partial charge in [-0.1, -0.05) is 0 Å². The Labute approximate surface area is 233 Å². The molecule has 182 valence electrons. The van der Waals surface area contributed by atoms with E-state index in [-0.39, 0.29) is 0 Å². The molecule has 0 saturated heterocycles. The van der Waals surface area contributed by atoms with E-state index in [9.17, 15) is 0 Å². The standard InChI is InChI=1S/2C18H17.Hf/c2*1-12-4-6-15(7-5-12)18-10-16-8-13(2)14(3)9-17(16)11-18;/h2*4-11H,1-3H3;. The predicted molar refractivity (Wildman–Crippen MR) is 155 cm³/mol. The molecule has 0 aliphatic heterocycles. The van der Waals surface area contributed by atoms with Crippen LogP contribution in [0.1, 0.15) is 74.1 Å². The molecule has 0 amide bonds. The second-order valence-corrected chi connectivity index (χ2v) is 16.4. The van der Waals surface area contributed by atoms with Crippen molar-refractivity contribution in [3.05, 3.63) is 140 Å². The Kier molecular flexibility index (Phi) is 6.32. The van der Waals surface area contributed by atoms with Gasteiger partial charge in [0.25, 0.3) is 0 Å². The summed E-state index contributed by atoms with van der Waals surface area (Å²) in [6.07, 6.45) is 5.02. The SMILES string of the molecule is Cc1ccc(C2=Cc3cc(C)c(C)cc3[CH]2[Hf][CH]2C(c3ccc(C)cc3)=Cc3cc(C)c(C)cc32)cc1. The monoisotopic (exact) mass is 646 g/mol. The third kappa shape index (κ3) is 4.46. The van der Waals surface area contributed by atoms with Gasteiger partial charge >= 0.3 is 235 Å². The second-order valence-electron chi connectivity index (χ2n) is 11.1. The Morgan fingerprint density at radius 1 is 0.459 bits per heavy atom. The fraction of sp³-hybridized carbons (Fsp3) is 0.222. The van der Waals surface area contributed by atoms with E-state index in [1.165, 1.54) is 55.6 Å². The van der Waals surface area contributed by atoms with Crippen LogP contribution in [0.2, 0.25) is 0 Å². The molecule has 4 aromatic carbocycles. The molecular weight excluding hydrogens is 611 g/mol. The van der Waals surface area contributed by atoms with Crippen LogP contribution in [0.4, 0.5) is 0 Å². The zero-order valence-corrected chi connectivity index (χ0v) is 26.3. The van der Waals surface area contributed by atoms with Crippen molar-refractivity contribution in [3.8, 4) is 0 Å². The van der Waals surface area contributed by atoms with Crippen molar-refractivity contribution in [1.29, 1.82) is 0 Å². The third-order valence-corrected chi connectivity index (χ3v) is 15.2. The zero-order chi connectivity index (χ0) is 25.8. The summed E-state index contributed by atoms with van der Waals surface area (Å²) in [5, 5.41) is 0. The maximum absolute atomic E-state index is 2.51. The van der Waals surface area contributed by atoms with Crippen molar-refractivity contribution in [1.82, 2.24) is 0 Å². The number of fused-ring (bicyclic) bond motifs is 2. The van der Waals surface area contributed by atoms with Crippen molar-refractivity contribution >= 4 is 23.3 Å². The Bertz CT molecular complexity index is 1460. The van der Waals surface area contributed by atoms with Crippen LogP contribution in [0.3, 0.4) is 0 Å². The topological polar surface area (TPSA) is 0 Å².